The van der Waals surface area contributed by atoms with Crippen molar-refractivity contribution in [3.8, 4) is 11.5 Å². The van der Waals surface area contributed by atoms with Crippen molar-refractivity contribution in [1.29, 1.82) is 0 Å². The van der Waals surface area contributed by atoms with Crippen LogP contribution in [0.1, 0.15) is 17.2 Å². The van der Waals surface area contributed by atoms with Gasteiger partial charge in [0.1, 0.15) is 11.5 Å². The number of ether oxygens (including phenoxy) is 2. The number of rotatable bonds is 8. The van der Waals surface area contributed by atoms with Crippen molar-refractivity contribution in [1.82, 2.24) is 10.2 Å². The van der Waals surface area contributed by atoms with Gasteiger partial charge in [0.15, 0.2) is 6.61 Å². The highest BCUT2D eigenvalue weighted by Crippen LogP contribution is 2.22. The quantitative estimate of drug-likeness (QED) is 0.766. The number of carbonyl (C=O) groups excluding carboxylic acids is 1. The molecule has 0 aliphatic heterocycles. The number of aryl methyl sites for hydroxylation is 1. The van der Waals surface area contributed by atoms with E-state index in [1.54, 1.807) is 19.2 Å². The summed E-state index contributed by atoms with van der Waals surface area (Å²) in [4.78, 5) is 14.2. The predicted octanol–water partition coefficient (Wildman–Crippen LogP) is 3.45. The van der Waals surface area contributed by atoms with Gasteiger partial charge in [-0.25, -0.2) is 0 Å². The van der Waals surface area contributed by atoms with E-state index >= 15 is 0 Å². The standard InChI is InChI=1S/C20H25ClN2O3/c1-14-10-17(8-9-18(14)21)26-13-20(24)22-12-19(23(2)3)15-6-5-7-16(11-15)25-4/h5-11,19H,12-13H2,1-4H3,(H,22,24)/t19-/m0/s1. The van der Waals surface area contributed by atoms with E-state index in [1.807, 2.05) is 51.4 Å². The first-order valence-electron chi connectivity index (χ1n) is 8.36. The molecule has 1 N–H and O–H groups in total. The van der Waals surface area contributed by atoms with Gasteiger partial charge >= 0.3 is 0 Å². The highest BCUT2D eigenvalue weighted by molar-refractivity contribution is 6.31. The van der Waals surface area contributed by atoms with Crippen LogP contribution in [0.15, 0.2) is 42.5 Å². The number of nitrogens with one attached hydrogen (secondary N) is 1. The van der Waals surface area contributed by atoms with Crippen LogP contribution in [0.2, 0.25) is 5.02 Å². The molecule has 0 spiro atoms. The summed E-state index contributed by atoms with van der Waals surface area (Å²) >= 11 is 5.99. The number of halogens is 1. The van der Waals surface area contributed by atoms with Gasteiger partial charge in [-0.1, -0.05) is 23.7 Å². The van der Waals surface area contributed by atoms with Gasteiger partial charge in [0.05, 0.1) is 13.2 Å². The van der Waals surface area contributed by atoms with Gasteiger partial charge in [-0.05, 0) is 62.5 Å². The Labute approximate surface area is 159 Å². The third kappa shape index (κ3) is 5.64. The topological polar surface area (TPSA) is 50.8 Å². The van der Waals surface area contributed by atoms with Crippen LogP contribution in [0.25, 0.3) is 0 Å². The molecule has 0 fully saturated rings. The van der Waals surface area contributed by atoms with Gasteiger partial charge in [-0.2, -0.15) is 0 Å². The SMILES string of the molecule is COc1cccc([C@H](CNC(=O)COc2ccc(Cl)c(C)c2)N(C)C)c1. The van der Waals surface area contributed by atoms with E-state index < -0.39 is 0 Å². The second kappa shape index (κ2) is 9.46. The van der Waals surface area contributed by atoms with Crippen LogP contribution >= 0.6 is 11.6 Å². The van der Waals surface area contributed by atoms with Gasteiger partial charge in [0.25, 0.3) is 5.91 Å². The van der Waals surface area contributed by atoms with Crippen molar-refractivity contribution in [3.05, 3.63) is 58.6 Å². The summed E-state index contributed by atoms with van der Waals surface area (Å²) in [6.45, 7) is 2.33. The first-order chi connectivity index (χ1) is 12.4. The molecule has 5 nitrogen and oxygen atoms in total. The van der Waals surface area contributed by atoms with E-state index in [1.165, 1.54) is 0 Å². The number of likely N-dealkylation sites (N-methyl/N-ethyl adjacent to an activating group) is 1. The molecular weight excluding hydrogens is 352 g/mol. The summed E-state index contributed by atoms with van der Waals surface area (Å²) in [5, 5.41) is 3.60. The van der Waals surface area contributed by atoms with E-state index in [2.05, 4.69) is 10.2 Å². The molecule has 2 rings (SSSR count). The van der Waals surface area contributed by atoms with Crippen LogP contribution in [0.3, 0.4) is 0 Å². The van der Waals surface area contributed by atoms with Crippen molar-refractivity contribution < 1.29 is 14.3 Å². The molecule has 0 aliphatic carbocycles. The molecule has 26 heavy (non-hydrogen) atoms. The first kappa shape index (κ1) is 20.1. The summed E-state index contributed by atoms with van der Waals surface area (Å²) in [6, 6.07) is 13.2. The lowest BCUT2D eigenvalue weighted by atomic mass is 10.1. The summed E-state index contributed by atoms with van der Waals surface area (Å²) < 4.78 is 10.8. The Morgan fingerprint density at radius 2 is 1.96 bits per heavy atom. The molecule has 0 radical (unpaired) electrons. The molecule has 6 heteroatoms. The molecular formula is C20H25ClN2O3. The third-order valence-electron chi connectivity index (χ3n) is 4.09. The number of carbonyl (C=O) groups is 1. The highest BCUT2D eigenvalue weighted by Gasteiger charge is 2.16. The molecule has 0 saturated heterocycles. The van der Waals surface area contributed by atoms with Crippen LogP contribution < -0.4 is 14.8 Å². The molecule has 0 unspecified atom stereocenters. The van der Waals surface area contributed by atoms with Gasteiger partial charge in [-0.15, -0.1) is 0 Å². The van der Waals surface area contributed by atoms with Crippen molar-refractivity contribution in [2.24, 2.45) is 0 Å². The maximum Gasteiger partial charge on any atom is 0.258 e. The second-order valence-corrected chi connectivity index (χ2v) is 6.67. The molecule has 0 saturated carbocycles. The van der Waals surface area contributed by atoms with E-state index in [0.717, 1.165) is 16.9 Å². The molecule has 1 amide bonds. The molecule has 0 bridgehead atoms. The fourth-order valence-electron chi connectivity index (χ4n) is 2.56. The van der Waals surface area contributed by atoms with Crippen molar-refractivity contribution in [2.75, 3.05) is 34.4 Å². The Kier molecular flexibility index (Phi) is 7.30. The van der Waals surface area contributed by atoms with Crippen LogP contribution in [-0.2, 0) is 4.79 Å². The molecule has 0 aliphatic rings. The van der Waals surface area contributed by atoms with E-state index in [-0.39, 0.29) is 18.6 Å². The minimum Gasteiger partial charge on any atom is -0.497 e. The zero-order valence-electron chi connectivity index (χ0n) is 15.6. The average Bonchev–Trinajstić information content (AvgIpc) is 2.62. The van der Waals surface area contributed by atoms with E-state index in [9.17, 15) is 4.79 Å². The number of methoxy groups -OCH3 is 1. The lowest BCUT2D eigenvalue weighted by Gasteiger charge is -2.25. The fraction of sp³-hybridized carbons (Fsp3) is 0.350. The Hall–Kier alpha value is -2.24. The van der Waals surface area contributed by atoms with E-state index in [4.69, 9.17) is 21.1 Å². The smallest absolute Gasteiger partial charge is 0.258 e. The summed E-state index contributed by atoms with van der Waals surface area (Å²) in [7, 11) is 5.59. The normalized spacial score (nSPS) is 11.9. The lowest BCUT2D eigenvalue weighted by Crippen LogP contribution is -2.36. The van der Waals surface area contributed by atoms with Crippen LogP contribution in [0.5, 0.6) is 11.5 Å². The molecule has 0 aromatic heterocycles. The Bertz CT molecular complexity index is 750. The zero-order valence-corrected chi connectivity index (χ0v) is 16.3. The summed E-state index contributed by atoms with van der Waals surface area (Å²) in [5.74, 6) is 1.24. The van der Waals surface area contributed by atoms with Crippen molar-refractivity contribution in [3.63, 3.8) is 0 Å². The largest absolute Gasteiger partial charge is 0.497 e. The van der Waals surface area contributed by atoms with Gasteiger partial charge in [-0.3, -0.25) is 4.79 Å². The lowest BCUT2D eigenvalue weighted by molar-refractivity contribution is -0.123. The van der Waals surface area contributed by atoms with Crippen LogP contribution in [-0.4, -0.2) is 45.2 Å². The maximum absolute atomic E-state index is 12.1. The Morgan fingerprint density at radius 1 is 1.19 bits per heavy atom. The predicted molar refractivity (Wildman–Crippen MR) is 104 cm³/mol. The van der Waals surface area contributed by atoms with Crippen molar-refractivity contribution >= 4 is 17.5 Å². The minimum atomic E-state index is -0.174. The molecule has 0 heterocycles. The molecule has 2 aromatic carbocycles. The molecule has 2 aromatic rings. The zero-order chi connectivity index (χ0) is 19.1. The first-order valence-corrected chi connectivity index (χ1v) is 8.74. The monoisotopic (exact) mass is 376 g/mol. The number of benzene rings is 2. The summed E-state index contributed by atoms with van der Waals surface area (Å²) in [5.41, 5.74) is 1.99. The highest BCUT2D eigenvalue weighted by atomic mass is 35.5. The van der Waals surface area contributed by atoms with Gasteiger partial charge in [0, 0.05) is 11.6 Å². The number of nitrogens with zero attached hydrogens (tertiary/aromatic N) is 1. The number of hydrogen-bond acceptors (Lipinski definition) is 4. The van der Waals surface area contributed by atoms with Crippen LogP contribution in [0, 0.1) is 6.92 Å². The Balaban J connectivity index is 1.91. The fourth-order valence-corrected chi connectivity index (χ4v) is 2.68. The maximum atomic E-state index is 12.1. The number of hydrogen-bond donors (Lipinski definition) is 1. The van der Waals surface area contributed by atoms with Crippen LogP contribution in [0.4, 0.5) is 0 Å². The molecule has 140 valence electrons. The van der Waals surface area contributed by atoms with E-state index in [0.29, 0.717) is 17.3 Å². The Morgan fingerprint density at radius 3 is 2.62 bits per heavy atom. The van der Waals surface area contributed by atoms with Crippen molar-refractivity contribution in [2.45, 2.75) is 13.0 Å². The minimum absolute atomic E-state index is 0.0341. The van der Waals surface area contributed by atoms with Gasteiger partial charge in [0.2, 0.25) is 0 Å². The summed E-state index contributed by atoms with van der Waals surface area (Å²) in [6.07, 6.45) is 0. The molecule has 1 atom stereocenters. The third-order valence-corrected chi connectivity index (χ3v) is 4.52. The average molecular weight is 377 g/mol. The number of amides is 1. The second-order valence-electron chi connectivity index (χ2n) is 6.26. The van der Waals surface area contributed by atoms with Gasteiger partial charge < -0.3 is 19.7 Å².